The lowest BCUT2D eigenvalue weighted by Gasteiger charge is -2.05. The lowest BCUT2D eigenvalue weighted by atomic mass is 10.3. The normalized spacial score (nSPS) is 11.6. The van der Waals surface area contributed by atoms with Crippen LogP contribution in [0.25, 0.3) is 0 Å². The molecule has 0 amide bonds. The number of thiazole rings is 1. The molecule has 2 rings (SSSR count). The quantitative estimate of drug-likeness (QED) is 0.683. The zero-order valence-electron chi connectivity index (χ0n) is 8.63. The van der Waals surface area contributed by atoms with E-state index in [1.54, 1.807) is 5.38 Å². The third-order valence-electron chi connectivity index (χ3n) is 2.10. The molecular formula is C10H9FN2O2S2. The Morgan fingerprint density at radius 3 is 2.76 bits per heavy atom. The summed E-state index contributed by atoms with van der Waals surface area (Å²) in [5, 5.41) is 2.17. The zero-order valence-corrected chi connectivity index (χ0v) is 10.3. The first-order valence-electron chi connectivity index (χ1n) is 4.65. The topological polar surface area (TPSA) is 73.1 Å². The molecule has 17 heavy (non-hydrogen) atoms. The number of hydrogen-bond acceptors (Lipinski definition) is 5. The summed E-state index contributed by atoms with van der Waals surface area (Å²) in [6.07, 6.45) is 1.53. The number of rotatable bonds is 3. The first-order valence-corrected chi connectivity index (χ1v) is 7.18. The van der Waals surface area contributed by atoms with Crippen molar-refractivity contribution in [1.82, 2.24) is 4.98 Å². The van der Waals surface area contributed by atoms with Crippen molar-refractivity contribution in [2.24, 2.45) is 0 Å². The molecule has 0 aliphatic heterocycles. The van der Waals surface area contributed by atoms with Gasteiger partial charge in [-0.05, 0) is 18.2 Å². The fourth-order valence-electron chi connectivity index (χ4n) is 1.37. The molecule has 1 heterocycles. The van der Waals surface area contributed by atoms with Gasteiger partial charge >= 0.3 is 0 Å². The summed E-state index contributed by atoms with van der Waals surface area (Å²) < 4.78 is 36.8. The van der Waals surface area contributed by atoms with Crippen LogP contribution in [0.1, 0.15) is 5.01 Å². The molecule has 7 heteroatoms. The molecule has 0 saturated carbocycles. The highest BCUT2D eigenvalue weighted by Gasteiger charge is 2.19. The van der Waals surface area contributed by atoms with Crippen LogP contribution in [0, 0.1) is 5.82 Å². The maximum Gasteiger partial charge on any atom is 0.186 e. The van der Waals surface area contributed by atoms with Gasteiger partial charge in [0.15, 0.2) is 9.84 Å². The summed E-state index contributed by atoms with van der Waals surface area (Å²) in [5.41, 5.74) is 5.42. The van der Waals surface area contributed by atoms with Crippen LogP contribution < -0.4 is 5.73 Å². The minimum Gasteiger partial charge on any atom is -0.398 e. The fraction of sp³-hybridized carbons (Fsp3) is 0.100. The van der Waals surface area contributed by atoms with Gasteiger partial charge in [0.05, 0.1) is 10.6 Å². The average molecular weight is 272 g/mol. The van der Waals surface area contributed by atoms with Crippen molar-refractivity contribution in [2.45, 2.75) is 10.6 Å². The molecule has 1 aromatic carbocycles. The number of hydrogen-bond donors (Lipinski definition) is 1. The number of nitrogens with two attached hydrogens (primary N) is 1. The fourth-order valence-corrected chi connectivity index (χ4v) is 3.75. The van der Waals surface area contributed by atoms with Gasteiger partial charge in [-0.3, -0.25) is 0 Å². The van der Waals surface area contributed by atoms with Crippen LogP contribution in [0.3, 0.4) is 0 Å². The number of nitrogens with zero attached hydrogens (tertiary/aromatic N) is 1. The summed E-state index contributed by atoms with van der Waals surface area (Å²) in [6, 6.07) is 3.24. The Balaban J connectivity index is 2.38. The van der Waals surface area contributed by atoms with E-state index in [0.717, 1.165) is 12.1 Å². The Kier molecular flexibility index (Phi) is 3.12. The van der Waals surface area contributed by atoms with E-state index in [1.807, 2.05) is 0 Å². The number of nitrogen functional groups attached to an aromatic ring is 1. The molecule has 0 spiro atoms. The summed E-state index contributed by atoms with van der Waals surface area (Å²) in [6.45, 7) is 0. The maximum atomic E-state index is 12.8. The van der Waals surface area contributed by atoms with Gasteiger partial charge in [0, 0.05) is 11.6 Å². The number of benzene rings is 1. The lowest BCUT2D eigenvalue weighted by molar-refractivity contribution is 0.594. The molecule has 0 aliphatic carbocycles. The summed E-state index contributed by atoms with van der Waals surface area (Å²) >= 11 is 1.25. The molecule has 90 valence electrons. The predicted molar refractivity (Wildman–Crippen MR) is 63.8 cm³/mol. The molecular weight excluding hydrogens is 263 g/mol. The number of aromatic nitrogens is 1. The highest BCUT2D eigenvalue weighted by Crippen LogP contribution is 2.23. The smallest absolute Gasteiger partial charge is 0.186 e. The van der Waals surface area contributed by atoms with Crippen LogP contribution in [-0.4, -0.2) is 13.4 Å². The van der Waals surface area contributed by atoms with E-state index in [4.69, 9.17) is 5.73 Å². The molecule has 0 atom stereocenters. The van der Waals surface area contributed by atoms with Crippen LogP contribution in [-0.2, 0) is 15.6 Å². The summed E-state index contributed by atoms with van der Waals surface area (Å²) in [7, 11) is -3.57. The zero-order chi connectivity index (χ0) is 12.5. The minimum atomic E-state index is -3.57. The highest BCUT2D eigenvalue weighted by molar-refractivity contribution is 7.91. The lowest BCUT2D eigenvalue weighted by Crippen LogP contribution is -2.08. The molecule has 0 unspecified atom stereocenters. The number of anilines is 1. The van der Waals surface area contributed by atoms with E-state index in [9.17, 15) is 12.8 Å². The molecule has 1 aromatic heterocycles. The molecule has 4 nitrogen and oxygen atoms in total. The Morgan fingerprint density at radius 1 is 1.41 bits per heavy atom. The van der Waals surface area contributed by atoms with E-state index < -0.39 is 15.7 Å². The largest absolute Gasteiger partial charge is 0.398 e. The standard InChI is InChI=1S/C10H9FN2O2S2/c11-7-1-2-9(8(12)5-7)17(14,15)6-10-13-3-4-16-10/h1-5H,6,12H2. The van der Waals surface area contributed by atoms with Crippen LogP contribution in [0.2, 0.25) is 0 Å². The van der Waals surface area contributed by atoms with Crippen molar-refractivity contribution in [3.05, 3.63) is 40.6 Å². The van der Waals surface area contributed by atoms with E-state index in [-0.39, 0.29) is 16.3 Å². The SMILES string of the molecule is Nc1cc(F)ccc1S(=O)(=O)Cc1nccs1. The maximum absolute atomic E-state index is 12.8. The number of sulfone groups is 1. The van der Waals surface area contributed by atoms with Gasteiger partial charge in [0.25, 0.3) is 0 Å². The summed E-state index contributed by atoms with van der Waals surface area (Å²) in [5.74, 6) is -0.781. The molecule has 0 bridgehead atoms. The third kappa shape index (κ3) is 2.62. The molecule has 0 fully saturated rings. The second kappa shape index (κ2) is 4.42. The monoisotopic (exact) mass is 272 g/mol. The van der Waals surface area contributed by atoms with E-state index in [1.165, 1.54) is 23.6 Å². The Labute approximate surface area is 102 Å². The third-order valence-corrected chi connectivity index (χ3v) is 4.76. The van der Waals surface area contributed by atoms with E-state index >= 15 is 0 Å². The van der Waals surface area contributed by atoms with Crippen molar-refractivity contribution in [3.8, 4) is 0 Å². The van der Waals surface area contributed by atoms with Crippen LogP contribution in [0.15, 0.2) is 34.7 Å². The van der Waals surface area contributed by atoms with Gasteiger partial charge in [-0.2, -0.15) is 0 Å². The Morgan fingerprint density at radius 2 is 2.18 bits per heavy atom. The Bertz CT molecular complexity index is 624. The van der Waals surface area contributed by atoms with Gasteiger partial charge in [-0.25, -0.2) is 17.8 Å². The molecule has 2 aromatic rings. The molecule has 0 saturated heterocycles. The van der Waals surface area contributed by atoms with Crippen LogP contribution in [0.4, 0.5) is 10.1 Å². The van der Waals surface area contributed by atoms with Gasteiger partial charge in [0.2, 0.25) is 0 Å². The molecule has 0 aliphatic rings. The van der Waals surface area contributed by atoms with Gasteiger partial charge in [-0.15, -0.1) is 11.3 Å². The predicted octanol–water partition coefficient (Wildman–Crippen LogP) is 1.84. The van der Waals surface area contributed by atoms with Crippen molar-refractivity contribution >= 4 is 26.9 Å². The van der Waals surface area contributed by atoms with Crippen molar-refractivity contribution in [3.63, 3.8) is 0 Å². The van der Waals surface area contributed by atoms with Gasteiger partial charge in [0.1, 0.15) is 16.6 Å². The number of halogens is 1. The molecule has 2 N–H and O–H groups in total. The molecule has 0 radical (unpaired) electrons. The first kappa shape index (κ1) is 12.0. The van der Waals surface area contributed by atoms with Gasteiger partial charge < -0.3 is 5.73 Å². The second-order valence-corrected chi connectivity index (χ2v) is 6.30. The summed E-state index contributed by atoms with van der Waals surface area (Å²) in [4.78, 5) is 3.84. The van der Waals surface area contributed by atoms with Crippen molar-refractivity contribution in [1.29, 1.82) is 0 Å². The van der Waals surface area contributed by atoms with Crippen LogP contribution >= 0.6 is 11.3 Å². The van der Waals surface area contributed by atoms with Crippen molar-refractivity contribution < 1.29 is 12.8 Å². The average Bonchev–Trinajstić information content (AvgIpc) is 2.68. The van der Waals surface area contributed by atoms with Crippen molar-refractivity contribution in [2.75, 3.05) is 5.73 Å². The first-order chi connectivity index (χ1) is 7.99. The van der Waals surface area contributed by atoms with Crippen LogP contribution in [0.5, 0.6) is 0 Å². The Hall–Kier alpha value is -1.47. The van der Waals surface area contributed by atoms with E-state index in [2.05, 4.69) is 4.98 Å². The van der Waals surface area contributed by atoms with Gasteiger partial charge in [-0.1, -0.05) is 0 Å². The second-order valence-electron chi connectivity index (χ2n) is 3.37. The highest BCUT2D eigenvalue weighted by atomic mass is 32.2. The minimum absolute atomic E-state index is 0.0610. The van der Waals surface area contributed by atoms with E-state index in [0.29, 0.717) is 5.01 Å².